The third-order valence-electron chi connectivity index (χ3n) is 5.50. The predicted octanol–water partition coefficient (Wildman–Crippen LogP) is 8.19. The number of hydrogen-bond donors (Lipinski definition) is 2. The van der Waals surface area contributed by atoms with Crippen LogP contribution in [0.5, 0.6) is 5.75 Å². The lowest BCUT2D eigenvalue weighted by Gasteiger charge is -2.10. The van der Waals surface area contributed by atoms with E-state index in [-0.39, 0.29) is 5.75 Å². The third kappa shape index (κ3) is 6.22. The quantitative estimate of drug-likeness (QED) is 0.154. The number of urea groups is 1. The van der Waals surface area contributed by atoms with E-state index < -0.39 is 12.4 Å². The molecule has 13 heteroatoms. The Morgan fingerprint density at radius 3 is 2.49 bits per heavy atom. The van der Waals surface area contributed by atoms with E-state index in [2.05, 4.69) is 24.2 Å². The van der Waals surface area contributed by atoms with Gasteiger partial charge >= 0.3 is 12.4 Å². The van der Waals surface area contributed by atoms with Crippen LogP contribution in [-0.4, -0.2) is 28.2 Å². The molecule has 5 rings (SSSR count). The number of amides is 2. The first-order chi connectivity index (χ1) is 18.7. The van der Waals surface area contributed by atoms with Crippen molar-refractivity contribution in [1.29, 1.82) is 0 Å². The van der Waals surface area contributed by atoms with Gasteiger partial charge in [0.25, 0.3) is 0 Å². The number of alkyl halides is 3. The second-order valence-electron chi connectivity index (χ2n) is 8.05. The number of nitrogens with zero attached hydrogens (tertiary/aromatic N) is 3. The maximum atomic E-state index is 12.4. The molecule has 39 heavy (non-hydrogen) atoms. The van der Waals surface area contributed by atoms with E-state index >= 15 is 0 Å². The summed E-state index contributed by atoms with van der Waals surface area (Å²) in [7, 11) is 0. The van der Waals surface area contributed by atoms with Crippen molar-refractivity contribution in [2.45, 2.75) is 6.36 Å². The summed E-state index contributed by atoms with van der Waals surface area (Å²) in [6, 6.07) is 19.4. The van der Waals surface area contributed by atoms with Crippen molar-refractivity contribution in [3.05, 3.63) is 94.7 Å². The van der Waals surface area contributed by atoms with Crippen LogP contribution in [0.4, 0.5) is 23.7 Å². The van der Waals surface area contributed by atoms with E-state index in [4.69, 9.17) is 23.2 Å². The molecule has 0 radical (unpaired) electrons. The van der Waals surface area contributed by atoms with Crippen LogP contribution in [0, 0.1) is 0 Å². The minimum absolute atomic E-state index is 0.297. The number of benzene rings is 4. The molecule has 0 saturated carbocycles. The Morgan fingerprint density at radius 2 is 1.77 bits per heavy atom. The Balaban J connectivity index is 1.27. The minimum atomic E-state index is -4.75. The van der Waals surface area contributed by atoms with Crippen LogP contribution in [0.25, 0.3) is 27.5 Å². The molecule has 0 aliphatic rings. The standard InChI is InChI=1S/C26H16Cl2F3N5O2S/c27-20-2-1-3-21(28)24(20)34-25(37)35-39-33-13-15-4-10-19-16(12-15)5-11-22-23(19)32-14-36(22)17-6-8-18(9-7-17)38-26(29,30)31/h1-14H,(H2,34,35,37). The number of nitrogens with one attached hydrogen (secondary N) is 2. The molecule has 0 fully saturated rings. The topological polar surface area (TPSA) is 80.5 Å². The van der Waals surface area contributed by atoms with Crippen LogP contribution in [0.15, 0.2) is 83.5 Å². The van der Waals surface area contributed by atoms with Crippen molar-refractivity contribution >= 4 is 75.1 Å². The van der Waals surface area contributed by atoms with Crippen LogP contribution < -0.4 is 14.8 Å². The molecule has 7 nitrogen and oxygen atoms in total. The van der Waals surface area contributed by atoms with Gasteiger partial charge in [-0.2, -0.15) is 0 Å². The van der Waals surface area contributed by atoms with E-state index in [1.54, 1.807) is 35.3 Å². The summed E-state index contributed by atoms with van der Waals surface area (Å²) in [5, 5.41) is 5.01. The second-order valence-corrected chi connectivity index (χ2v) is 9.46. The number of halogens is 5. The van der Waals surface area contributed by atoms with Gasteiger partial charge in [-0.3, -0.25) is 9.29 Å². The predicted molar refractivity (Wildman–Crippen MR) is 149 cm³/mol. The van der Waals surface area contributed by atoms with Crippen LogP contribution in [0.2, 0.25) is 10.0 Å². The minimum Gasteiger partial charge on any atom is -0.406 e. The number of para-hydroxylation sites is 1. The molecular weight excluding hydrogens is 574 g/mol. The van der Waals surface area contributed by atoms with Gasteiger partial charge in [0.15, 0.2) is 0 Å². The molecule has 0 aliphatic heterocycles. The van der Waals surface area contributed by atoms with E-state index in [0.717, 1.165) is 39.5 Å². The Morgan fingerprint density at radius 1 is 1.03 bits per heavy atom. The summed E-state index contributed by atoms with van der Waals surface area (Å²) in [5.41, 5.74) is 3.26. The van der Waals surface area contributed by atoms with Crippen LogP contribution in [-0.2, 0) is 0 Å². The van der Waals surface area contributed by atoms with Crippen molar-refractivity contribution in [3.63, 3.8) is 0 Å². The second kappa shape index (κ2) is 11.0. The molecule has 198 valence electrons. The number of aromatic nitrogens is 2. The zero-order chi connectivity index (χ0) is 27.6. The van der Waals surface area contributed by atoms with Gasteiger partial charge in [0.1, 0.15) is 12.1 Å². The average molecular weight is 590 g/mol. The summed E-state index contributed by atoms with van der Waals surface area (Å²) in [5.74, 6) is -0.297. The zero-order valence-electron chi connectivity index (χ0n) is 19.5. The molecule has 0 atom stereocenters. The average Bonchev–Trinajstić information content (AvgIpc) is 3.33. The first-order valence-corrected chi connectivity index (χ1v) is 12.7. The van der Waals surface area contributed by atoms with E-state index in [1.807, 2.05) is 30.3 Å². The number of imidazole rings is 1. The summed E-state index contributed by atoms with van der Waals surface area (Å²) in [4.78, 5) is 16.6. The van der Waals surface area contributed by atoms with Gasteiger partial charge in [-0.05, 0) is 59.5 Å². The Kier molecular flexibility index (Phi) is 7.56. The number of carbonyl (C=O) groups is 1. The van der Waals surface area contributed by atoms with E-state index in [1.165, 1.54) is 24.3 Å². The van der Waals surface area contributed by atoms with Gasteiger partial charge in [-0.1, -0.05) is 47.5 Å². The molecule has 0 saturated heterocycles. The highest BCUT2D eigenvalue weighted by Gasteiger charge is 2.31. The van der Waals surface area contributed by atoms with Crippen LogP contribution >= 0.6 is 35.3 Å². The lowest BCUT2D eigenvalue weighted by atomic mass is 10.1. The normalized spacial score (nSPS) is 11.8. The molecule has 1 aromatic heterocycles. The Labute approximate surface area is 233 Å². The summed E-state index contributed by atoms with van der Waals surface area (Å²) >= 11 is 12.9. The lowest BCUT2D eigenvalue weighted by Crippen LogP contribution is -2.22. The van der Waals surface area contributed by atoms with E-state index in [9.17, 15) is 18.0 Å². The monoisotopic (exact) mass is 589 g/mol. The number of ether oxygens (including phenoxy) is 1. The fourth-order valence-electron chi connectivity index (χ4n) is 3.83. The fourth-order valence-corrected chi connectivity index (χ4v) is 4.69. The van der Waals surface area contributed by atoms with Gasteiger partial charge in [0.05, 0.1) is 38.9 Å². The number of carbonyl (C=O) groups excluding carboxylic acids is 1. The molecule has 0 spiro atoms. The van der Waals surface area contributed by atoms with Crippen LogP contribution in [0.1, 0.15) is 5.56 Å². The Bertz CT molecular complexity index is 1690. The first-order valence-electron chi connectivity index (χ1n) is 11.1. The summed E-state index contributed by atoms with van der Waals surface area (Å²) in [6.45, 7) is 0. The molecule has 5 aromatic rings. The molecular formula is C26H16Cl2F3N5O2S. The van der Waals surface area contributed by atoms with Gasteiger partial charge < -0.3 is 10.1 Å². The van der Waals surface area contributed by atoms with E-state index in [0.29, 0.717) is 21.4 Å². The molecule has 1 heterocycles. The largest absolute Gasteiger partial charge is 0.573 e. The summed E-state index contributed by atoms with van der Waals surface area (Å²) < 4.78 is 49.7. The SMILES string of the molecule is O=C(NSN=Cc1ccc2c(ccc3c2ncn3-c2ccc(OC(F)(F)F)cc2)c1)Nc1c(Cl)cccc1Cl. The zero-order valence-corrected chi connectivity index (χ0v) is 21.9. The number of anilines is 1. The summed E-state index contributed by atoms with van der Waals surface area (Å²) in [6.07, 6.45) is -1.54. The molecule has 2 N–H and O–H groups in total. The van der Waals surface area contributed by atoms with Gasteiger partial charge in [-0.15, -0.1) is 13.2 Å². The molecule has 2 amide bonds. The van der Waals surface area contributed by atoms with Crippen molar-refractivity contribution in [2.75, 3.05) is 5.32 Å². The van der Waals surface area contributed by atoms with Gasteiger partial charge in [0.2, 0.25) is 0 Å². The maximum Gasteiger partial charge on any atom is 0.573 e. The maximum absolute atomic E-state index is 12.4. The fraction of sp³-hybridized carbons (Fsp3) is 0.0385. The molecule has 4 aromatic carbocycles. The highest BCUT2D eigenvalue weighted by molar-refractivity contribution is 7.96. The number of rotatable bonds is 6. The smallest absolute Gasteiger partial charge is 0.406 e. The van der Waals surface area contributed by atoms with Gasteiger partial charge in [0, 0.05) is 17.3 Å². The molecule has 0 unspecified atom stereocenters. The molecule has 0 aliphatic carbocycles. The molecule has 0 bridgehead atoms. The van der Waals surface area contributed by atoms with Crippen LogP contribution in [0.3, 0.4) is 0 Å². The number of hydrogen-bond acceptors (Lipinski definition) is 5. The lowest BCUT2D eigenvalue weighted by molar-refractivity contribution is -0.274. The van der Waals surface area contributed by atoms with Gasteiger partial charge in [-0.25, -0.2) is 14.2 Å². The number of fused-ring (bicyclic) bond motifs is 3. The first kappa shape index (κ1) is 26.7. The van der Waals surface area contributed by atoms with Crippen molar-refractivity contribution < 1.29 is 22.7 Å². The third-order valence-corrected chi connectivity index (χ3v) is 6.62. The van der Waals surface area contributed by atoms with Crippen molar-refractivity contribution in [3.8, 4) is 11.4 Å². The van der Waals surface area contributed by atoms with Crippen molar-refractivity contribution in [2.24, 2.45) is 4.40 Å². The Hall–Kier alpha value is -3.93. The highest BCUT2D eigenvalue weighted by Crippen LogP contribution is 2.30. The highest BCUT2D eigenvalue weighted by atomic mass is 35.5. The van der Waals surface area contributed by atoms with Crippen molar-refractivity contribution in [1.82, 2.24) is 14.3 Å².